The molecule has 0 saturated heterocycles. The summed E-state index contributed by atoms with van der Waals surface area (Å²) in [6, 6.07) is 19.5. The highest BCUT2D eigenvalue weighted by atomic mass is 16.5. The number of carbonyl (C=O) groups is 2. The second kappa shape index (κ2) is 9.08. The highest BCUT2D eigenvalue weighted by Gasteiger charge is 2.40. The molecule has 2 amide bonds. The molecule has 4 rings (SSSR count). The largest absolute Gasteiger partial charge is 0.497 e. The van der Waals surface area contributed by atoms with E-state index in [4.69, 9.17) is 14.2 Å². The number of hydrogen-bond acceptors (Lipinski definition) is 6. The van der Waals surface area contributed by atoms with E-state index in [1.807, 2.05) is 19.1 Å². The maximum Gasteiger partial charge on any atom is 0.282 e. The van der Waals surface area contributed by atoms with Crippen molar-refractivity contribution in [3.05, 3.63) is 83.6 Å². The van der Waals surface area contributed by atoms with E-state index in [1.165, 1.54) is 19.1 Å². The molecule has 7 heteroatoms. The standard InChI is InChI=1S/C26H24N2O5/c1-16-6-5-7-19(14-16)28-25(29)23(17-8-13-21(32-3)22(15-17)33-4)24(26(28)30)27-18-9-11-20(31-2)12-10-18/h5-15,27H,1-4H3. The summed E-state index contributed by atoms with van der Waals surface area (Å²) >= 11 is 0. The molecule has 0 aromatic heterocycles. The van der Waals surface area contributed by atoms with E-state index in [-0.39, 0.29) is 11.3 Å². The average molecular weight is 444 g/mol. The summed E-state index contributed by atoms with van der Waals surface area (Å²) in [4.78, 5) is 28.3. The molecule has 1 aliphatic heterocycles. The summed E-state index contributed by atoms with van der Waals surface area (Å²) in [5.74, 6) is 0.810. The molecule has 0 bridgehead atoms. The van der Waals surface area contributed by atoms with Crippen LogP contribution in [0.15, 0.2) is 72.4 Å². The van der Waals surface area contributed by atoms with Crippen LogP contribution >= 0.6 is 0 Å². The van der Waals surface area contributed by atoms with Gasteiger partial charge in [-0.3, -0.25) is 9.59 Å². The summed E-state index contributed by atoms with van der Waals surface area (Å²) < 4.78 is 15.9. The minimum absolute atomic E-state index is 0.180. The minimum Gasteiger partial charge on any atom is -0.497 e. The average Bonchev–Trinajstić information content (AvgIpc) is 3.08. The summed E-state index contributed by atoms with van der Waals surface area (Å²) in [6.45, 7) is 1.91. The second-order valence-corrected chi connectivity index (χ2v) is 7.46. The third-order valence-corrected chi connectivity index (χ3v) is 5.38. The fourth-order valence-corrected chi connectivity index (χ4v) is 3.73. The maximum absolute atomic E-state index is 13.6. The van der Waals surface area contributed by atoms with Crippen LogP contribution in [0.25, 0.3) is 5.57 Å². The molecule has 0 atom stereocenters. The molecule has 0 spiro atoms. The first-order chi connectivity index (χ1) is 16.0. The predicted octanol–water partition coefficient (Wildman–Crippen LogP) is 4.42. The van der Waals surface area contributed by atoms with Crippen molar-refractivity contribution in [1.29, 1.82) is 0 Å². The van der Waals surface area contributed by atoms with Crippen molar-refractivity contribution in [2.75, 3.05) is 31.5 Å². The topological polar surface area (TPSA) is 77.1 Å². The molecular weight excluding hydrogens is 420 g/mol. The number of benzene rings is 3. The number of imide groups is 1. The van der Waals surface area contributed by atoms with Crippen LogP contribution < -0.4 is 24.4 Å². The van der Waals surface area contributed by atoms with Crippen molar-refractivity contribution in [2.45, 2.75) is 6.92 Å². The minimum atomic E-state index is -0.439. The molecule has 1 aliphatic rings. The molecule has 0 radical (unpaired) electrons. The SMILES string of the molecule is COc1ccc(NC2=C(c3ccc(OC)c(OC)c3)C(=O)N(c3cccc(C)c3)C2=O)cc1. The van der Waals surface area contributed by atoms with Crippen LogP contribution in [0.5, 0.6) is 17.2 Å². The van der Waals surface area contributed by atoms with Crippen LogP contribution in [0.3, 0.4) is 0 Å². The van der Waals surface area contributed by atoms with Crippen molar-refractivity contribution < 1.29 is 23.8 Å². The Hall–Kier alpha value is -4.26. The quantitative estimate of drug-likeness (QED) is 0.544. The lowest BCUT2D eigenvalue weighted by atomic mass is 10.0. The van der Waals surface area contributed by atoms with Gasteiger partial charge in [-0.15, -0.1) is 0 Å². The molecule has 0 fully saturated rings. The number of ether oxygens (including phenoxy) is 3. The highest BCUT2D eigenvalue weighted by Crippen LogP contribution is 2.37. The number of carbonyl (C=O) groups excluding carboxylic acids is 2. The van der Waals surface area contributed by atoms with Crippen LogP contribution in [0.2, 0.25) is 0 Å². The molecule has 1 N–H and O–H groups in total. The Morgan fingerprint density at radius 3 is 2.12 bits per heavy atom. The van der Waals surface area contributed by atoms with Gasteiger partial charge < -0.3 is 19.5 Å². The fourth-order valence-electron chi connectivity index (χ4n) is 3.73. The number of nitrogens with zero attached hydrogens (tertiary/aromatic N) is 1. The Morgan fingerprint density at radius 1 is 0.758 bits per heavy atom. The first-order valence-electron chi connectivity index (χ1n) is 10.3. The molecule has 0 saturated carbocycles. The molecule has 0 unspecified atom stereocenters. The van der Waals surface area contributed by atoms with Gasteiger partial charge in [0.1, 0.15) is 11.4 Å². The maximum atomic E-state index is 13.6. The third-order valence-electron chi connectivity index (χ3n) is 5.38. The lowest BCUT2D eigenvalue weighted by Crippen LogP contribution is -2.32. The van der Waals surface area contributed by atoms with Gasteiger partial charge in [-0.05, 0) is 66.6 Å². The van der Waals surface area contributed by atoms with Crippen molar-refractivity contribution in [2.24, 2.45) is 0 Å². The smallest absolute Gasteiger partial charge is 0.282 e. The Bertz CT molecular complexity index is 1250. The van der Waals surface area contributed by atoms with Crippen molar-refractivity contribution in [3.8, 4) is 17.2 Å². The zero-order chi connectivity index (χ0) is 23.5. The lowest BCUT2D eigenvalue weighted by molar-refractivity contribution is -0.120. The Kier molecular flexibility index (Phi) is 6.04. The van der Waals surface area contributed by atoms with E-state index in [1.54, 1.807) is 61.7 Å². The van der Waals surface area contributed by atoms with Crippen molar-refractivity contribution in [3.63, 3.8) is 0 Å². The van der Waals surface area contributed by atoms with Gasteiger partial charge in [0, 0.05) is 5.69 Å². The number of rotatable bonds is 7. The Labute approximate surface area is 192 Å². The first-order valence-corrected chi connectivity index (χ1v) is 10.3. The molecule has 1 heterocycles. The highest BCUT2D eigenvalue weighted by molar-refractivity contribution is 6.46. The van der Waals surface area contributed by atoms with E-state index >= 15 is 0 Å². The monoisotopic (exact) mass is 444 g/mol. The van der Waals surface area contributed by atoms with Gasteiger partial charge in [0.2, 0.25) is 0 Å². The molecule has 3 aromatic rings. The number of amides is 2. The van der Waals surface area contributed by atoms with Gasteiger partial charge in [0.15, 0.2) is 11.5 Å². The Balaban J connectivity index is 1.83. The van der Waals surface area contributed by atoms with E-state index in [0.29, 0.717) is 34.2 Å². The fraction of sp³-hybridized carbons (Fsp3) is 0.154. The van der Waals surface area contributed by atoms with Crippen molar-refractivity contribution >= 4 is 28.8 Å². The molecule has 168 valence electrons. The zero-order valence-corrected chi connectivity index (χ0v) is 18.8. The van der Waals surface area contributed by atoms with Crippen LogP contribution in [0.1, 0.15) is 11.1 Å². The van der Waals surface area contributed by atoms with E-state index in [0.717, 1.165) is 5.56 Å². The van der Waals surface area contributed by atoms with Crippen LogP contribution in [0, 0.1) is 6.92 Å². The molecule has 3 aromatic carbocycles. The summed E-state index contributed by atoms with van der Waals surface area (Å²) in [5.41, 5.74) is 3.07. The summed E-state index contributed by atoms with van der Waals surface area (Å²) in [5, 5.41) is 3.14. The number of anilines is 2. The number of methoxy groups -OCH3 is 3. The van der Waals surface area contributed by atoms with E-state index in [9.17, 15) is 9.59 Å². The first kappa shape index (κ1) is 22.0. The van der Waals surface area contributed by atoms with Gasteiger partial charge in [-0.25, -0.2) is 4.90 Å². The number of hydrogen-bond donors (Lipinski definition) is 1. The van der Waals surface area contributed by atoms with E-state index < -0.39 is 11.8 Å². The second-order valence-electron chi connectivity index (χ2n) is 7.46. The molecule has 7 nitrogen and oxygen atoms in total. The van der Waals surface area contributed by atoms with Gasteiger partial charge in [-0.2, -0.15) is 0 Å². The number of aryl methyl sites for hydroxylation is 1. The number of nitrogens with one attached hydrogen (secondary N) is 1. The summed E-state index contributed by atoms with van der Waals surface area (Å²) in [7, 11) is 4.64. The van der Waals surface area contributed by atoms with Gasteiger partial charge in [0.25, 0.3) is 11.8 Å². The van der Waals surface area contributed by atoms with Crippen LogP contribution in [0.4, 0.5) is 11.4 Å². The van der Waals surface area contributed by atoms with Crippen LogP contribution in [-0.2, 0) is 9.59 Å². The van der Waals surface area contributed by atoms with E-state index in [2.05, 4.69) is 5.32 Å². The molecule has 0 aliphatic carbocycles. The normalized spacial score (nSPS) is 13.4. The lowest BCUT2D eigenvalue weighted by Gasteiger charge is -2.16. The van der Waals surface area contributed by atoms with Gasteiger partial charge in [-0.1, -0.05) is 18.2 Å². The van der Waals surface area contributed by atoms with Crippen LogP contribution in [-0.4, -0.2) is 33.1 Å². The van der Waals surface area contributed by atoms with Gasteiger partial charge >= 0.3 is 0 Å². The molecule has 33 heavy (non-hydrogen) atoms. The predicted molar refractivity (Wildman–Crippen MR) is 127 cm³/mol. The van der Waals surface area contributed by atoms with Crippen molar-refractivity contribution in [1.82, 2.24) is 0 Å². The Morgan fingerprint density at radius 2 is 1.48 bits per heavy atom. The van der Waals surface area contributed by atoms with Gasteiger partial charge in [0.05, 0.1) is 32.6 Å². The zero-order valence-electron chi connectivity index (χ0n) is 18.8. The molecular formula is C26H24N2O5. The third kappa shape index (κ3) is 4.13. The summed E-state index contributed by atoms with van der Waals surface area (Å²) in [6.07, 6.45) is 0.